The standard InChI is InChI=1S/C13H21ClN2/c1-4-10(2)16(3)9-12-6-5-11(8-15)7-13(12)14/h5-7,10H,4,8-9,15H2,1-3H3. The normalized spacial score (nSPS) is 13.1. The Morgan fingerprint density at radius 1 is 1.44 bits per heavy atom. The third-order valence-corrected chi connectivity index (χ3v) is 3.47. The van der Waals surface area contributed by atoms with Gasteiger partial charge in [-0.2, -0.15) is 0 Å². The van der Waals surface area contributed by atoms with Gasteiger partial charge in [0.15, 0.2) is 0 Å². The van der Waals surface area contributed by atoms with Crippen molar-refractivity contribution in [3.8, 4) is 0 Å². The van der Waals surface area contributed by atoms with Gasteiger partial charge in [0, 0.05) is 24.2 Å². The van der Waals surface area contributed by atoms with E-state index in [0.717, 1.165) is 23.6 Å². The minimum absolute atomic E-state index is 0.543. The van der Waals surface area contributed by atoms with Gasteiger partial charge in [-0.1, -0.05) is 30.7 Å². The van der Waals surface area contributed by atoms with Gasteiger partial charge in [0.25, 0.3) is 0 Å². The van der Waals surface area contributed by atoms with E-state index in [2.05, 4.69) is 31.9 Å². The molecule has 1 rings (SSSR count). The monoisotopic (exact) mass is 240 g/mol. The number of hydrogen-bond acceptors (Lipinski definition) is 2. The fraction of sp³-hybridized carbons (Fsp3) is 0.538. The molecule has 0 saturated heterocycles. The molecule has 90 valence electrons. The zero-order valence-corrected chi connectivity index (χ0v) is 11.1. The highest BCUT2D eigenvalue weighted by Crippen LogP contribution is 2.20. The molecule has 2 nitrogen and oxygen atoms in total. The molecule has 1 aromatic carbocycles. The second kappa shape index (κ2) is 6.24. The third kappa shape index (κ3) is 3.48. The van der Waals surface area contributed by atoms with E-state index in [0.29, 0.717) is 12.6 Å². The van der Waals surface area contributed by atoms with Gasteiger partial charge >= 0.3 is 0 Å². The molecular weight excluding hydrogens is 220 g/mol. The van der Waals surface area contributed by atoms with Crippen LogP contribution in [0.25, 0.3) is 0 Å². The van der Waals surface area contributed by atoms with E-state index in [1.165, 1.54) is 5.56 Å². The van der Waals surface area contributed by atoms with Gasteiger partial charge in [0.1, 0.15) is 0 Å². The van der Waals surface area contributed by atoms with Crippen LogP contribution in [0.4, 0.5) is 0 Å². The smallest absolute Gasteiger partial charge is 0.0454 e. The van der Waals surface area contributed by atoms with Gasteiger partial charge in [-0.05, 0) is 37.6 Å². The Balaban J connectivity index is 2.74. The molecule has 0 aliphatic rings. The Morgan fingerprint density at radius 2 is 2.12 bits per heavy atom. The van der Waals surface area contributed by atoms with Crippen molar-refractivity contribution in [1.29, 1.82) is 0 Å². The van der Waals surface area contributed by atoms with Crippen molar-refractivity contribution in [2.45, 2.75) is 39.4 Å². The summed E-state index contributed by atoms with van der Waals surface area (Å²) >= 11 is 6.22. The van der Waals surface area contributed by atoms with Crippen LogP contribution in [0, 0.1) is 0 Å². The van der Waals surface area contributed by atoms with E-state index in [9.17, 15) is 0 Å². The lowest BCUT2D eigenvalue weighted by molar-refractivity contribution is 0.244. The molecule has 0 radical (unpaired) electrons. The summed E-state index contributed by atoms with van der Waals surface area (Å²) in [6.45, 7) is 5.85. The van der Waals surface area contributed by atoms with E-state index >= 15 is 0 Å². The zero-order valence-electron chi connectivity index (χ0n) is 10.3. The molecule has 0 spiro atoms. The topological polar surface area (TPSA) is 29.3 Å². The quantitative estimate of drug-likeness (QED) is 0.857. The minimum Gasteiger partial charge on any atom is -0.326 e. The van der Waals surface area contributed by atoms with Crippen LogP contribution in [0.5, 0.6) is 0 Å². The Morgan fingerprint density at radius 3 is 2.62 bits per heavy atom. The lowest BCUT2D eigenvalue weighted by Gasteiger charge is -2.24. The maximum atomic E-state index is 6.22. The molecule has 0 amide bonds. The number of benzene rings is 1. The summed E-state index contributed by atoms with van der Waals surface area (Å²) in [5, 5.41) is 0.818. The highest BCUT2D eigenvalue weighted by Gasteiger charge is 2.09. The number of nitrogens with two attached hydrogens (primary N) is 1. The van der Waals surface area contributed by atoms with Crippen molar-refractivity contribution in [3.63, 3.8) is 0 Å². The fourth-order valence-electron chi connectivity index (χ4n) is 1.58. The van der Waals surface area contributed by atoms with E-state index in [-0.39, 0.29) is 0 Å². The minimum atomic E-state index is 0.543. The maximum absolute atomic E-state index is 6.22. The first-order valence-corrected chi connectivity index (χ1v) is 6.13. The average molecular weight is 241 g/mol. The molecule has 1 unspecified atom stereocenters. The SMILES string of the molecule is CCC(C)N(C)Cc1ccc(CN)cc1Cl. The van der Waals surface area contributed by atoms with Crippen LogP contribution in [0.15, 0.2) is 18.2 Å². The van der Waals surface area contributed by atoms with Gasteiger partial charge in [-0.15, -0.1) is 0 Å². The summed E-state index contributed by atoms with van der Waals surface area (Å²) in [6.07, 6.45) is 1.15. The number of halogens is 1. The third-order valence-electron chi connectivity index (χ3n) is 3.12. The average Bonchev–Trinajstić information content (AvgIpc) is 2.30. The molecule has 0 saturated carbocycles. The molecule has 0 bridgehead atoms. The van der Waals surface area contributed by atoms with Crippen LogP contribution >= 0.6 is 11.6 Å². The summed E-state index contributed by atoms with van der Waals surface area (Å²) < 4.78 is 0. The van der Waals surface area contributed by atoms with Crippen molar-refractivity contribution in [2.75, 3.05) is 7.05 Å². The van der Waals surface area contributed by atoms with Gasteiger partial charge in [0.05, 0.1) is 0 Å². The summed E-state index contributed by atoms with van der Waals surface area (Å²) in [4.78, 5) is 2.31. The number of hydrogen-bond donors (Lipinski definition) is 1. The van der Waals surface area contributed by atoms with E-state index in [4.69, 9.17) is 17.3 Å². The zero-order chi connectivity index (χ0) is 12.1. The van der Waals surface area contributed by atoms with Crippen LogP contribution in [-0.4, -0.2) is 18.0 Å². The van der Waals surface area contributed by atoms with Crippen LogP contribution in [-0.2, 0) is 13.1 Å². The Kier molecular flexibility index (Phi) is 5.26. The second-order valence-electron chi connectivity index (χ2n) is 4.30. The molecule has 0 aromatic heterocycles. The number of nitrogens with zero attached hydrogens (tertiary/aromatic N) is 1. The first kappa shape index (κ1) is 13.5. The molecule has 1 aromatic rings. The van der Waals surface area contributed by atoms with Gasteiger partial charge in [-0.25, -0.2) is 0 Å². The van der Waals surface area contributed by atoms with Crippen molar-refractivity contribution < 1.29 is 0 Å². The van der Waals surface area contributed by atoms with Crippen LogP contribution < -0.4 is 5.73 Å². The lowest BCUT2D eigenvalue weighted by Crippen LogP contribution is -2.27. The Bertz CT molecular complexity index is 339. The summed E-state index contributed by atoms with van der Waals surface area (Å²) in [5.41, 5.74) is 7.82. The predicted octanol–water partition coefficient (Wildman–Crippen LogP) is 3.03. The van der Waals surface area contributed by atoms with Gasteiger partial charge in [0.2, 0.25) is 0 Å². The van der Waals surface area contributed by atoms with Crippen LogP contribution in [0.3, 0.4) is 0 Å². The highest BCUT2D eigenvalue weighted by molar-refractivity contribution is 6.31. The highest BCUT2D eigenvalue weighted by atomic mass is 35.5. The molecule has 16 heavy (non-hydrogen) atoms. The fourth-order valence-corrected chi connectivity index (χ4v) is 1.85. The molecular formula is C13H21ClN2. The molecule has 2 N–H and O–H groups in total. The van der Waals surface area contributed by atoms with E-state index in [1.807, 2.05) is 12.1 Å². The van der Waals surface area contributed by atoms with E-state index < -0.39 is 0 Å². The lowest BCUT2D eigenvalue weighted by atomic mass is 10.1. The van der Waals surface area contributed by atoms with Crippen molar-refractivity contribution in [2.24, 2.45) is 5.73 Å². The number of rotatable bonds is 5. The summed E-state index contributed by atoms with van der Waals surface area (Å²) in [6, 6.07) is 6.65. The van der Waals surface area contributed by atoms with E-state index in [1.54, 1.807) is 0 Å². The molecule has 0 fully saturated rings. The molecule has 1 atom stereocenters. The first-order chi connectivity index (χ1) is 7.58. The van der Waals surface area contributed by atoms with Crippen LogP contribution in [0.2, 0.25) is 5.02 Å². The van der Waals surface area contributed by atoms with Crippen LogP contribution in [0.1, 0.15) is 31.4 Å². The van der Waals surface area contributed by atoms with Gasteiger partial charge < -0.3 is 5.73 Å². The summed E-state index contributed by atoms with van der Waals surface area (Å²) in [5.74, 6) is 0. The van der Waals surface area contributed by atoms with Crippen molar-refractivity contribution in [1.82, 2.24) is 4.90 Å². The first-order valence-electron chi connectivity index (χ1n) is 5.76. The predicted molar refractivity (Wildman–Crippen MR) is 70.6 cm³/mol. The molecule has 3 heteroatoms. The Labute approximate surface area is 103 Å². The molecule has 0 aliphatic carbocycles. The Hall–Kier alpha value is -0.570. The second-order valence-corrected chi connectivity index (χ2v) is 4.71. The van der Waals surface area contributed by atoms with Crippen molar-refractivity contribution in [3.05, 3.63) is 34.3 Å². The summed E-state index contributed by atoms with van der Waals surface area (Å²) in [7, 11) is 2.13. The van der Waals surface area contributed by atoms with Crippen molar-refractivity contribution >= 4 is 11.6 Å². The molecule has 0 heterocycles. The largest absolute Gasteiger partial charge is 0.326 e. The van der Waals surface area contributed by atoms with Gasteiger partial charge in [-0.3, -0.25) is 4.90 Å². The molecule has 0 aliphatic heterocycles. The maximum Gasteiger partial charge on any atom is 0.0454 e.